The predicted molar refractivity (Wildman–Crippen MR) is 74.7 cm³/mol. The minimum Gasteiger partial charge on any atom is -0.480 e. The number of halogens is 1. The summed E-state index contributed by atoms with van der Waals surface area (Å²) >= 11 is 4.69. The molecule has 0 aliphatic rings. The zero-order chi connectivity index (χ0) is 13.8. The topological polar surface area (TPSA) is 66.4 Å². The van der Waals surface area contributed by atoms with Crippen LogP contribution >= 0.6 is 27.7 Å². The highest BCUT2D eigenvalue weighted by molar-refractivity contribution is 9.10. The lowest BCUT2D eigenvalue weighted by molar-refractivity contribution is -0.145. The number of aliphatic carboxylic acids is 1. The molecule has 2 N–H and O–H groups in total. The van der Waals surface area contributed by atoms with Crippen molar-refractivity contribution in [2.24, 2.45) is 0 Å². The Bertz CT molecular complexity index is 445. The molecule has 98 valence electrons. The van der Waals surface area contributed by atoms with Gasteiger partial charge in [0.2, 0.25) is 5.91 Å². The van der Waals surface area contributed by atoms with Gasteiger partial charge in [-0.05, 0) is 38.1 Å². The van der Waals surface area contributed by atoms with E-state index in [1.807, 2.05) is 24.3 Å². The Morgan fingerprint density at radius 1 is 1.33 bits per heavy atom. The number of carboxylic acid groups (broad SMARTS) is 1. The standard InChI is InChI=1S/C12H14BrNO3S/c1-12(2,11(16)17)14-10(15)7-18-9-5-3-8(13)4-6-9/h3-6H,7H2,1-2H3,(H,14,15)(H,16,17). The molecule has 1 aromatic carbocycles. The zero-order valence-electron chi connectivity index (χ0n) is 10.1. The van der Waals surface area contributed by atoms with Crippen LogP contribution in [-0.4, -0.2) is 28.3 Å². The highest BCUT2D eigenvalue weighted by Crippen LogP contribution is 2.20. The van der Waals surface area contributed by atoms with Crippen LogP contribution in [0.3, 0.4) is 0 Å². The Labute approximate surface area is 118 Å². The van der Waals surface area contributed by atoms with E-state index >= 15 is 0 Å². The highest BCUT2D eigenvalue weighted by Gasteiger charge is 2.28. The summed E-state index contributed by atoms with van der Waals surface area (Å²) in [7, 11) is 0. The molecule has 1 aromatic rings. The third kappa shape index (κ3) is 4.70. The third-order valence-corrected chi connectivity index (χ3v) is 3.71. The van der Waals surface area contributed by atoms with Gasteiger partial charge in [-0.2, -0.15) is 0 Å². The lowest BCUT2D eigenvalue weighted by Gasteiger charge is -2.20. The monoisotopic (exact) mass is 331 g/mol. The average molecular weight is 332 g/mol. The second-order valence-electron chi connectivity index (χ2n) is 4.22. The second-order valence-corrected chi connectivity index (χ2v) is 6.19. The van der Waals surface area contributed by atoms with Crippen LogP contribution in [0.5, 0.6) is 0 Å². The Hall–Kier alpha value is -1.01. The lowest BCUT2D eigenvalue weighted by Crippen LogP contribution is -2.50. The van der Waals surface area contributed by atoms with E-state index < -0.39 is 11.5 Å². The average Bonchev–Trinajstić information content (AvgIpc) is 2.27. The molecule has 6 heteroatoms. The first-order valence-electron chi connectivity index (χ1n) is 5.24. The molecular formula is C12H14BrNO3S. The van der Waals surface area contributed by atoms with Gasteiger partial charge in [0.1, 0.15) is 5.54 Å². The van der Waals surface area contributed by atoms with Crippen LogP contribution in [-0.2, 0) is 9.59 Å². The smallest absolute Gasteiger partial charge is 0.328 e. The maximum Gasteiger partial charge on any atom is 0.328 e. The molecule has 0 heterocycles. The summed E-state index contributed by atoms with van der Waals surface area (Å²) in [5, 5.41) is 11.3. The van der Waals surface area contributed by atoms with Gasteiger partial charge in [-0.15, -0.1) is 11.8 Å². The number of benzene rings is 1. The van der Waals surface area contributed by atoms with Crippen LogP contribution in [0.2, 0.25) is 0 Å². The predicted octanol–water partition coefficient (Wildman–Crippen LogP) is 2.52. The number of rotatable bonds is 5. The molecule has 0 aliphatic carbocycles. The van der Waals surface area contributed by atoms with E-state index in [0.717, 1.165) is 9.37 Å². The van der Waals surface area contributed by atoms with Gasteiger partial charge in [-0.3, -0.25) is 4.79 Å². The quantitative estimate of drug-likeness (QED) is 0.813. The van der Waals surface area contributed by atoms with E-state index in [0.29, 0.717) is 0 Å². The van der Waals surface area contributed by atoms with Crippen molar-refractivity contribution in [3.8, 4) is 0 Å². The first-order chi connectivity index (χ1) is 8.31. The first-order valence-corrected chi connectivity index (χ1v) is 7.02. The minimum atomic E-state index is -1.24. The van der Waals surface area contributed by atoms with Gasteiger partial charge in [0.25, 0.3) is 0 Å². The van der Waals surface area contributed by atoms with Crippen LogP contribution in [0.15, 0.2) is 33.6 Å². The Balaban J connectivity index is 2.47. The molecule has 0 saturated carbocycles. The van der Waals surface area contributed by atoms with Crippen molar-refractivity contribution in [1.82, 2.24) is 5.32 Å². The van der Waals surface area contributed by atoms with Crippen molar-refractivity contribution in [1.29, 1.82) is 0 Å². The minimum absolute atomic E-state index is 0.193. The van der Waals surface area contributed by atoms with Gasteiger partial charge in [0, 0.05) is 9.37 Å². The number of thioether (sulfide) groups is 1. The van der Waals surface area contributed by atoms with Crippen molar-refractivity contribution < 1.29 is 14.7 Å². The molecule has 1 amide bonds. The summed E-state index contributed by atoms with van der Waals surface area (Å²) in [4.78, 5) is 23.4. The maximum absolute atomic E-state index is 11.6. The Morgan fingerprint density at radius 2 is 1.89 bits per heavy atom. The fourth-order valence-electron chi connectivity index (χ4n) is 1.12. The van der Waals surface area contributed by atoms with Crippen molar-refractivity contribution >= 4 is 39.6 Å². The molecule has 0 radical (unpaired) electrons. The van der Waals surface area contributed by atoms with Crippen LogP contribution in [0.1, 0.15) is 13.8 Å². The van der Waals surface area contributed by atoms with Crippen LogP contribution in [0, 0.1) is 0 Å². The van der Waals surface area contributed by atoms with Crippen molar-refractivity contribution in [3.05, 3.63) is 28.7 Å². The van der Waals surface area contributed by atoms with Crippen LogP contribution < -0.4 is 5.32 Å². The number of hydrogen-bond donors (Lipinski definition) is 2. The summed E-state index contributed by atoms with van der Waals surface area (Å²) < 4.78 is 0.975. The van der Waals surface area contributed by atoms with E-state index in [1.54, 1.807) is 0 Å². The maximum atomic E-state index is 11.6. The van der Waals surface area contributed by atoms with E-state index in [-0.39, 0.29) is 11.7 Å². The van der Waals surface area contributed by atoms with Gasteiger partial charge >= 0.3 is 5.97 Å². The molecule has 18 heavy (non-hydrogen) atoms. The molecular weight excluding hydrogens is 318 g/mol. The number of hydrogen-bond acceptors (Lipinski definition) is 3. The summed E-state index contributed by atoms with van der Waals surface area (Å²) in [5.41, 5.74) is -1.24. The van der Waals surface area contributed by atoms with Gasteiger partial charge in [-0.1, -0.05) is 15.9 Å². The number of nitrogens with one attached hydrogen (secondary N) is 1. The molecule has 0 fully saturated rings. The number of carbonyl (C=O) groups excluding carboxylic acids is 1. The SMILES string of the molecule is CC(C)(NC(=O)CSc1ccc(Br)cc1)C(=O)O. The molecule has 1 rings (SSSR count). The van der Waals surface area contributed by atoms with Gasteiger partial charge in [0.15, 0.2) is 0 Å². The fraction of sp³-hybridized carbons (Fsp3) is 0.333. The molecule has 0 saturated heterocycles. The number of amides is 1. The van der Waals surface area contributed by atoms with Gasteiger partial charge < -0.3 is 10.4 Å². The van der Waals surface area contributed by atoms with Crippen molar-refractivity contribution in [2.45, 2.75) is 24.3 Å². The molecule has 0 atom stereocenters. The lowest BCUT2D eigenvalue weighted by atomic mass is 10.1. The van der Waals surface area contributed by atoms with Crippen LogP contribution in [0.4, 0.5) is 0 Å². The molecule has 0 unspecified atom stereocenters. The molecule has 0 aliphatic heterocycles. The van der Waals surface area contributed by atoms with E-state index in [1.165, 1.54) is 25.6 Å². The largest absolute Gasteiger partial charge is 0.480 e. The normalized spacial score (nSPS) is 11.1. The van der Waals surface area contributed by atoms with E-state index in [4.69, 9.17) is 5.11 Å². The van der Waals surface area contributed by atoms with Gasteiger partial charge in [-0.25, -0.2) is 4.79 Å². The van der Waals surface area contributed by atoms with E-state index in [2.05, 4.69) is 21.2 Å². The summed E-state index contributed by atoms with van der Waals surface area (Å²) in [5.74, 6) is -1.15. The second kappa shape index (κ2) is 6.24. The van der Waals surface area contributed by atoms with Crippen molar-refractivity contribution in [2.75, 3.05) is 5.75 Å². The first kappa shape index (κ1) is 15.0. The summed E-state index contributed by atoms with van der Waals surface area (Å²) in [6.45, 7) is 2.91. The Morgan fingerprint density at radius 3 is 2.39 bits per heavy atom. The third-order valence-electron chi connectivity index (χ3n) is 2.17. The van der Waals surface area contributed by atoms with E-state index in [9.17, 15) is 9.59 Å². The zero-order valence-corrected chi connectivity index (χ0v) is 12.5. The van der Waals surface area contributed by atoms with Crippen LogP contribution in [0.25, 0.3) is 0 Å². The summed E-state index contributed by atoms with van der Waals surface area (Å²) in [6.07, 6.45) is 0. The number of carboxylic acids is 1. The van der Waals surface area contributed by atoms with Crippen molar-refractivity contribution in [3.63, 3.8) is 0 Å². The Kier molecular flexibility index (Phi) is 5.22. The number of carbonyl (C=O) groups is 2. The molecule has 0 aromatic heterocycles. The molecule has 4 nitrogen and oxygen atoms in total. The highest BCUT2D eigenvalue weighted by atomic mass is 79.9. The summed E-state index contributed by atoms with van der Waals surface area (Å²) in [6, 6.07) is 7.57. The van der Waals surface area contributed by atoms with Gasteiger partial charge in [0.05, 0.1) is 5.75 Å². The fourth-order valence-corrected chi connectivity index (χ4v) is 2.08. The molecule has 0 bridgehead atoms. The molecule has 0 spiro atoms.